The van der Waals surface area contributed by atoms with Gasteiger partial charge >= 0.3 is 0 Å². The van der Waals surface area contributed by atoms with Crippen LogP contribution in [0.15, 0.2) is 0 Å². The maximum atomic E-state index is 3.87. The van der Waals surface area contributed by atoms with Crippen LogP contribution in [0.1, 0.15) is 39.5 Å². The van der Waals surface area contributed by atoms with Crippen LogP contribution in [0.4, 0.5) is 0 Å². The Hall–Kier alpha value is -0.120. The van der Waals surface area contributed by atoms with Crippen LogP contribution >= 0.6 is 0 Å². The second kappa shape index (κ2) is 5.48. The van der Waals surface area contributed by atoms with Gasteiger partial charge in [0.2, 0.25) is 0 Å². The van der Waals surface area contributed by atoms with E-state index in [4.69, 9.17) is 0 Å². The van der Waals surface area contributed by atoms with Gasteiger partial charge in [-0.25, -0.2) is 0 Å². The van der Waals surface area contributed by atoms with Crippen LogP contribution in [0.2, 0.25) is 0 Å². The second-order valence-electron chi connectivity index (χ2n) is 6.85. The zero-order valence-corrected chi connectivity index (χ0v) is 12.0. The molecule has 2 aliphatic heterocycles. The van der Waals surface area contributed by atoms with E-state index in [-0.39, 0.29) is 0 Å². The number of hydrogen-bond donors (Lipinski definition) is 2. The van der Waals surface area contributed by atoms with Gasteiger partial charge in [0.05, 0.1) is 0 Å². The van der Waals surface area contributed by atoms with Crippen molar-refractivity contribution in [2.45, 2.75) is 57.7 Å². The summed E-state index contributed by atoms with van der Waals surface area (Å²) >= 11 is 0. The highest BCUT2D eigenvalue weighted by molar-refractivity contribution is 4.98. The fourth-order valence-corrected chi connectivity index (χ4v) is 4.46. The quantitative estimate of drug-likeness (QED) is 0.738. The minimum atomic E-state index is 0.708. The van der Waals surface area contributed by atoms with Crippen molar-refractivity contribution < 1.29 is 0 Å². The van der Waals surface area contributed by atoms with Crippen molar-refractivity contribution in [3.8, 4) is 0 Å². The molecule has 3 nitrogen and oxygen atoms in total. The van der Waals surface area contributed by atoms with Gasteiger partial charge in [0, 0.05) is 44.3 Å². The first-order valence-corrected chi connectivity index (χ1v) is 7.95. The minimum absolute atomic E-state index is 0.708. The number of nitrogens with zero attached hydrogens (tertiary/aromatic N) is 1. The molecule has 0 spiro atoms. The first-order chi connectivity index (χ1) is 8.74. The molecule has 3 rings (SSSR count). The van der Waals surface area contributed by atoms with Crippen LogP contribution in [0, 0.1) is 11.8 Å². The van der Waals surface area contributed by atoms with E-state index in [9.17, 15) is 0 Å². The highest BCUT2D eigenvalue weighted by atomic mass is 15.2. The first kappa shape index (κ1) is 12.9. The van der Waals surface area contributed by atoms with Gasteiger partial charge in [-0.1, -0.05) is 6.92 Å². The maximum absolute atomic E-state index is 3.87. The summed E-state index contributed by atoms with van der Waals surface area (Å²) in [5.74, 6) is 1.84. The molecular weight excluding hydrogens is 222 g/mol. The first-order valence-electron chi connectivity index (χ1n) is 7.95. The van der Waals surface area contributed by atoms with E-state index < -0.39 is 0 Å². The molecule has 0 aromatic carbocycles. The molecule has 1 aliphatic carbocycles. The van der Waals surface area contributed by atoms with Crippen LogP contribution in [-0.4, -0.2) is 49.2 Å². The molecule has 5 unspecified atom stereocenters. The molecule has 2 heterocycles. The van der Waals surface area contributed by atoms with Crippen LogP contribution < -0.4 is 10.6 Å². The fraction of sp³-hybridized carbons (Fsp3) is 1.00. The van der Waals surface area contributed by atoms with E-state index in [0.29, 0.717) is 6.04 Å². The lowest BCUT2D eigenvalue weighted by Gasteiger charge is -2.51. The zero-order valence-electron chi connectivity index (χ0n) is 12.0. The van der Waals surface area contributed by atoms with Crippen LogP contribution in [0.25, 0.3) is 0 Å². The van der Waals surface area contributed by atoms with Crippen molar-refractivity contribution in [3.05, 3.63) is 0 Å². The van der Waals surface area contributed by atoms with Crippen molar-refractivity contribution in [2.75, 3.05) is 26.2 Å². The molecule has 2 saturated heterocycles. The summed E-state index contributed by atoms with van der Waals surface area (Å²) in [6.45, 7) is 9.72. The molecule has 0 aromatic heterocycles. The van der Waals surface area contributed by atoms with Crippen LogP contribution in [0.5, 0.6) is 0 Å². The van der Waals surface area contributed by atoms with Gasteiger partial charge in [-0.15, -0.1) is 0 Å². The number of piperazine rings is 1. The topological polar surface area (TPSA) is 27.3 Å². The van der Waals surface area contributed by atoms with Gasteiger partial charge in [-0.05, 0) is 44.4 Å². The summed E-state index contributed by atoms with van der Waals surface area (Å²) in [4.78, 5) is 2.78. The molecule has 0 bridgehead atoms. The van der Waals surface area contributed by atoms with Crippen molar-refractivity contribution in [1.82, 2.24) is 15.5 Å². The van der Waals surface area contributed by atoms with E-state index in [0.717, 1.165) is 23.9 Å². The Morgan fingerprint density at radius 2 is 1.78 bits per heavy atom. The number of fused-ring (bicyclic) bond motifs is 1. The van der Waals surface area contributed by atoms with Crippen LogP contribution in [0.3, 0.4) is 0 Å². The normalized spacial score (nSPS) is 46.7. The molecule has 0 radical (unpaired) electrons. The molecule has 3 heteroatoms. The Bertz CT molecular complexity index is 275. The number of piperidine rings is 1. The Balaban J connectivity index is 1.72. The van der Waals surface area contributed by atoms with Crippen molar-refractivity contribution in [1.29, 1.82) is 0 Å². The molecule has 3 aliphatic rings. The molecule has 3 fully saturated rings. The summed E-state index contributed by atoms with van der Waals surface area (Å²) in [5.41, 5.74) is 0. The number of nitrogens with one attached hydrogen (secondary N) is 2. The highest BCUT2D eigenvalue weighted by Gasteiger charge is 2.41. The molecule has 2 N–H and O–H groups in total. The average molecular weight is 251 g/mol. The van der Waals surface area contributed by atoms with Gasteiger partial charge in [0.25, 0.3) is 0 Å². The highest BCUT2D eigenvalue weighted by Crippen LogP contribution is 2.37. The lowest BCUT2D eigenvalue weighted by atomic mass is 9.70. The van der Waals surface area contributed by atoms with Crippen molar-refractivity contribution in [2.24, 2.45) is 11.8 Å². The standard InChI is InChI=1S/C15H29N3/c1-11-3-4-14-13(9-11)15(10-12(2)17-14)18-7-5-16-6-8-18/h11-17H,3-10H2,1-2H3. The van der Waals surface area contributed by atoms with E-state index in [1.165, 1.54) is 51.9 Å². The third kappa shape index (κ3) is 2.59. The molecule has 18 heavy (non-hydrogen) atoms. The van der Waals surface area contributed by atoms with E-state index in [2.05, 4.69) is 29.4 Å². The summed E-state index contributed by atoms with van der Waals surface area (Å²) < 4.78 is 0. The lowest BCUT2D eigenvalue weighted by Crippen LogP contribution is -2.62. The predicted molar refractivity (Wildman–Crippen MR) is 75.7 cm³/mol. The van der Waals surface area contributed by atoms with Gasteiger partial charge in [-0.3, -0.25) is 4.90 Å². The molecule has 1 saturated carbocycles. The van der Waals surface area contributed by atoms with E-state index in [1.807, 2.05) is 0 Å². The fourth-order valence-electron chi connectivity index (χ4n) is 4.46. The smallest absolute Gasteiger partial charge is 0.0154 e. The van der Waals surface area contributed by atoms with Gasteiger partial charge in [-0.2, -0.15) is 0 Å². The molecule has 5 atom stereocenters. The molecule has 0 amide bonds. The van der Waals surface area contributed by atoms with Crippen LogP contribution in [-0.2, 0) is 0 Å². The largest absolute Gasteiger partial charge is 0.314 e. The number of rotatable bonds is 1. The van der Waals surface area contributed by atoms with Gasteiger partial charge in [0.15, 0.2) is 0 Å². The monoisotopic (exact) mass is 251 g/mol. The Morgan fingerprint density at radius 1 is 1.00 bits per heavy atom. The average Bonchev–Trinajstić information content (AvgIpc) is 2.39. The predicted octanol–water partition coefficient (Wildman–Crippen LogP) is 1.45. The zero-order chi connectivity index (χ0) is 12.5. The Kier molecular flexibility index (Phi) is 3.92. The maximum Gasteiger partial charge on any atom is 0.0154 e. The summed E-state index contributed by atoms with van der Waals surface area (Å²) in [5, 5.41) is 7.35. The lowest BCUT2D eigenvalue weighted by molar-refractivity contribution is 0.0278. The second-order valence-corrected chi connectivity index (χ2v) is 6.85. The summed E-state index contributed by atoms with van der Waals surface area (Å²) in [6.07, 6.45) is 5.63. The third-order valence-corrected chi connectivity index (χ3v) is 5.37. The van der Waals surface area contributed by atoms with Crippen molar-refractivity contribution >= 4 is 0 Å². The Labute approximate surface area is 112 Å². The SMILES string of the molecule is CC1CCC2NC(C)CC(N3CCNCC3)C2C1. The van der Waals surface area contributed by atoms with E-state index in [1.54, 1.807) is 0 Å². The van der Waals surface area contributed by atoms with Gasteiger partial charge < -0.3 is 10.6 Å². The molecular formula is C15H29N3. The molecule has 0 aromatic rings. The number of hydrogen-bond acceptors (Lipinski definition) is 3. The summed E-state index contributed by atoms with van der Waals surface area (Å²) in [7, 11) is 0. The minimum Gasteiger partial charge on any atom is -0.314 e. The summed E-state index contributed by atoms with van der Waals surface area (Å²) in [6, 6.07) is 2.35. The Morgan fingerprint density at radius 3 is 2.56 bits per heavy atom. The van der Waals surface area contributed by atoms with Crippen molar-refractivity contribution in [3.63, 3.8) is 0 Å². The van der Waals surface area contributed by atoms with E-state index >= 15 is 0 Å². The van der Waals surface area contributed by atoms with Gasteiger partial charge in [0.1, 0.15) is 0 Å². The molecule has 104 valence electrons. The third-order valence-electron chi connectivity index (χ3n) is 5.37.